The van der Waals surface area contributed by atoms with Gasteiger partial charge in [-0.3, -0.25) is 0 Å². The SMILES string of the molecule is C=CCO[C@H]1[C@@H](O)[C@@H](CO)O[C@@H](O[C@@H]2[C@H](OC(=O)c3ccccc3)[C@@H](OC(=O)c3ccccc3)[C@@H](OCC[Si](C)(C)C)O[C@@H]2COC(=O)c2ccccc2)[C@@H]1O. The molecule has 2 aliphatic rings. The van der Waals surface area contributed by atoms with Gasteiger partial charge in [0.05, 0.1) is 29.9 Å². The third-order valence-electron chi connectivity index (χ3n) is 9.14. The molecule has 5 rings (SSSR count). The average molecular weight is 795 g/mol. The number of benzene rings is 3. The maximum Gasteiger partial charge on any atom is 0.338 e. The Morgan fingerprint density at radius 2 is 1.20 bits per heavy atom. The van der Waals surface area contributed by atoms with Crippen LogP contribution < -0.4 is 0 Å². The maximum absolute atomic E-state index is 13.9. The van der Waals surface area contributed by atoms with Crippen LogP contribution in [0.5, 0.6) is 0 Å². The summed E-state index contributed by atoms with van der Waals surface area (Å²) in [6, 6.07) is 25.1. The largest absolute Gasteiger partial charge is 0.459 e. The normalized spacial score (nSPS) is 27.8. The number of hydrogen-bond acceptors (Lipinski definition) is 14. The number of ether oxygens (including phenoxy) is 8. The summed E-state index contributed by atoms with van der Waals surface area (Å²) in [5.41, 5.74) is 0.591. The fourth-order valence-electron chi connectivity index (χ4n) is 6.10. The molecule has 15 heteroatoms. The molecule has 0 aliphatic carbocycles. The highest BCUT2D eigenvalue weighted by Gasteiger charge is 2.55. The van der Waals surface area contributed by atoms with Crippen molar-refractivity contribution < 1.29 is 67.6 Å². The second-order valence-electron chi connectivity index (χ2n) is 14.6. The minimum absolute atomic E-state index is 0.0699. The van der Waals surface area contributed by atoms with Crippen LogP contribution in [-0.4, -0.2) is 129 Å². The smallest absolute Gasteiger partial charge is 0.338 e. The molecule has 2 aliphatic heterocycles. The average Bonchev–Trinajstić information content (AvgIpc) is 3.20. The van der Waals surface area contributed by atoms with Gasteiger partial charge in [-0.1, -0.05) is 80.3 Å². The summed E-state index contributed by atoms with van der Waals surface area (Å²) in [4.78, 5) is 40.8. The Hall–Kier alpha value is -4.29. The molecule has 2 heterocycles. The monoisotopic (exact) mass is 794 g/mol. The number of esters is 3. The maximum atomic E-state index is 13.9. The zero-order valence-corrected chi connectivity index (χ0v) is 32.6. The molecule has 0 bridgehead atoms. The van der Waals surface area contributed by atoms with Crippen molar-refractivity contribution in [1.82, 2.24) is 0 Å². The van der Waals surface area contributed by atoms with Crippen LogP contribution in [-0.2, 0) is 37.9 Å². The van der Waals surface area contributed by atoms with Crippen molar-refractivity contribution in [3.05, 3.63) is 120 Å². The lowest BCUT2D eigenvalue weighted by molar-refractivity contribution is -0.359. The molecule has 10 atom stereocenters. The molecule has 0 radical (unpaired) electrons. The highest BCUT2D eigenvalue weighted by molar-refractivity contribution is 6.76. The number of aliphatic hydroxyl groups is 3. The summed E-state index contributed by atoms with van der Waals surface area (Å²) in [6.45, 7) is 9.02. The van der Waals surface area contributed by atoms with Crippen LogP contribution >= 0.6 is 0 Å². The van der Waals surface area contributed by atoms with E-state index in [0.29, 0.717) is 6.04 Å². The van der Waals surface area contributed by atoms with E-state index >= 15 is 0 Å². The van der Waals surface area contributed by atoms with E-state index in [-0.39, 0.29) is 29.9 Å². The molecule has 0 amide bonds. The van der Waals surface area contributed by atoms with Crippen LogP contribution in [0, 0.1) is 0 Å². The van der Waals surface area contributed by atoms with Gasteiger partial charge in [-0.2, -0.15) is 0 Å². The predicted octanol–water partition coefficient (Wildman–Crippen LogP) is 3.77. The molecule has 0 saturated carbocycles. The topological polar surface area (TPSA) is 186 Å². The lowest BCUT2D eigenvalue weighted by Crippen LogP contribution is -2.66. The molecule has 3 aromatic rings. The van der Waals surface area contributed by atoms with Gasteiger partial charge in [-0.15, -0.1) is 6.58 Å². The van der Waals surface area contributed by atoms with Crippen molar-refractivity contribution in [3.63, 3.8) is 0 Å². The number of aliphatic hydroxyl groups excluding tert-OH is 3. The van der Waals surface area contributed by atoms with E-state index in [4.69, 9.17) is 37.9 Å². The Morgan fingerprint density at radius 3 is 1.71 bits per heavy atom. The lowest BCUT2D eigenvalue weighted by Gasteiger charge is -2.48. The zero-order valence-electron chi connectivity index (χ0n) is 31.6. The van der Waals surface area contributed by atoms with Crippen LogP contribution in [0.4, 0.5) is 0 Å². The third kappa shape index (κ3) is 11.4. The molecule has 3 N–H and O–H groups in total. The third-order valence-corrected chi connectivity index (χ3v) is 10.8. The summed E-state index contributed by atoms with van der Waals surface area (Å²) in [6.07, 6.45) is -13.2. The number of rotatable bonds is 17. The highest BCUT2D eigenvalue weighted by atomic mass is 28.3. The van der Waals surface area contributed by atoms with Gasteiger partial charge in [0.25, 0.3) is 0 Å². The first-order chi connectivity index (χ1) is 26.9. The summed E-state index contributed by atoms with van der Waals surface area (Å²) in [5.74, 6) is -2.31. The van der Waals surface area contributed by atoms with E-state index in [1.807, 2.05) is 0 Å². The van der Waals surface area contributed by atoms with Gasteiger partial charge in [-0.25, -0.2) is 14.4 Å². The van der Waals surface area contributed by atoms with Crippen LogP contribution in [0.3, 0.4) is 0 Å². The molecule has 302 valence electrons. The molecule has 2 fully saturated rings. The van der Waals surface area contributed by atoms with Gasteiger partial charge in [0.15, 0.2) is 24.8 Å². The van der Waals surface area contributed by atoms with E-state index in [1.54, 1.807) is 78.9 Å². The van der Waals surface area contributed by atoms with Gasteiger partial charge < -0.3 is 53.2 Å². The number of carbonyl (C=O) groups is 3. The number of carbonyl (C=O) groups excluding carboxylic acids is 3. The molecule has 2 saturated heterocycles. The van der Waals surface area contributed by atoms with Gasteiger partial charge in [0.2, 0.25) is 0 Å². The number of hydrogen-bond donors (Lipinski definition) is 3. The molecule has 0 spiro atoms. The summed E-state index contributed by atoms with van der Waals surface area (Å²) in [5, 5.41) is 32.5. The second-order valence-corrected chi connectivity index (χ2v) is 20.2. The Kier molecular flexibility index (Phi) is 15.5. The molecule has 3 aromatic carbocycles. The molecular weight excluding hydrogens is 745 g/mol. The first kappa shape index (κ1) is 42.8. The minimum Gasteiger partial charge on any atom is -0.459 e. The van der Waals surface area contributed by atoms with E-state index < -0.39 is 101 Å². The fraction of sp³-hybridized carbons (Fsp3) is 0.439. The lowest BCUT2D eigenvalue weighted by atomic mass is 9.96. The summed E-state index contributed by atoms with van der Waals surface area (Å²) < 4.78 is 48.7. The van der Waals surface area contributed by atoms with Gasteiger partial charge in [0, 0.05) is 14.7 Å². The van der Waals surface area contributed by atoms with E-state index in [2.05, 4.69) is 26.2 Å². The van der Waals surface area contributed by atoms with Gasteiger partial charge >= 0.3 is 17.9 Å². The van der Waals surface area contributed by atoms with E-state index in [1.165, 1.54) is 18.2 Å². The summed E-state index contributed by atoms with van der Waals surface area (Å²) >= 11 is 0. The van der Waals surface area contributed by atoms with Crippen LogP contribution in [0.25, 0.3) is 0 Å². The van der Waals surface area contributed by atoms with Crippen LogP contribution in [0.15, 0.2) is 104 Å². The Balaban J connectivity index is 1.58. The Morgan fingerprint density at radius 1 is 0.679 bits per heavy atom. The molecule has 56 heavy (non-hydrogen) atoms. The van der Waals surface area contributed by atoms with Crippen molar-refractivity contribution in [2.24, 2.45) is 0 Å². The molecular formula is C41H50O14Si. The minimum atomic E-state index is -1.68. The van der Waals surface area contributed by atoms with Gasteiger partial charge in [-0.05, 0) is 42.4 Å². The van der Waals surface area contributed by atoms with Crippen molar-refractivity contribution in [1.29, 1.82) is 0 Å². The standard InChI is InChI=1S/C41H50O14Si/c1-5-21-48-34-31(43)29(24-42)51-40(32(34)44)55-33-30(25-50-37(45)26-15-9-6-10-16-26)52-41(49-22-23-56(2,3)4)36(54-39(47)28-19-13-8-14-20-28)35(33)53-38(46)27-17-11-7-12-18-27/h5-20,29-36,40-44H,1,21-25H2,2-4H3/t29-,30-,31+,32-,33+,34+,35+,36-,40+,41+/m1/s1. The first-order valence-electron chi connectivity index (χ1n) is 18.4. The fourth-order valence-corrected chi connectivity index (χ4v) is 6.83. The Bertz CT molecular complexity index is 1710. The Labute approximate surface area is 326 Å². The van der Waals surface area contributed by atoms with E-state index in [9.17, 15) is 29.7 Å². The highest BCUT2D eigenvalue weighted by Crippen LogP contribution is 2.34. The van der Waals surface area contributed by atoms with Crippen molar-refractivity contribution >= 4 is 26.0 Å². The molecule has 0 aromatic heterocycles. The van der Waals surface area contributed by atoms with Crippen molar-refractivity contribution in [2.75, 3.05) is 26.4 Å². The van der Waals surface area contributed by atoms with Crippen LogP contribution in [0.1, 0.15) is 31.1 Å². The second kappa shape index (κ2) is 20.2. The van der Waals surface area contributed by atoms with Crippen LogP contribution in [0.2, 0.25) is 25.7 Å². The predicted molar refractivity (Wildman–Crippen MR) is 203 cm³/mol. The molecule has 0 unspecified atom stereocenters. The quantitative estimate of drug-likeness (QED) is 0.0776. The first-order valence-corrected chi connectivity index (χ1v) is 22.1. The summed E-state index contributed by atoms with van der Waals surface area (Å²) in [7, 11) is -1.67. The van der Waals surface area contributed by atoms with E-state index in [0.717, 1.165) is 0 Å². The van der Waals surface area contributed by atoms with Crippen molar-refractivity contribution in [2.45, 2.75) is 87.1 Å². The molecule has 14 nitrogen and oxygen atoms in total. The van der Waals surface area contributed by atoms with Gasteiger partial charge in [0.1, 0.15) is 43.2 Å². The zero-order chi connectivity index (χ0) is 40.2. The van der Waals surface area contributed by atoms with Crippen molar-refractivity contribution in [3.8, 4) is 0 Å².